The van der Waals surface area contributed by atoms with Crippen LogP contribution in [0.4, 0.5) is 5.69 Å². The Morgan fingerprint density at radius 3 is 3.06 bits per heavy atom. The van der Waals surface area contributed by atoms with Crippen LogP contribution in [0.15, 0.2) is 18.2 Å². The lowest BCUT2D eigenvalue weighted by Crippen LogP contribution is -2.40. The van der Waals surface area contributed by atoms with E-state index < -0.39 is 0 Å². The van der Waals surface area contributed by atoms with E-state index in [1.165, 1.54) is 56.7 Å². The monoisotopic (exact) mass is 244 g/mol. The van der Waals surface area contributed by atoms with Gasteiger partial charge in [0.25, 0.3) is 0 Å². The van der Waals surface area contributed by atoms with Crippen LogP contribution in [-0.4, -0.2) is 26.2 Å². The molecule has 1 saturated heterocycles. The summed E-state index contributed by atoms with van der Waals surface area (Å²) >= 11 is 0. The van der Waals surface area contributed by atoms with Crippen LogP contribution in [0.5, 0.6) is 0 Å². The van der Waals surface area contributed by atoms with Gasteiger partial charge in [-0.05, 0) is 49.8 Å². The molecule has 1 aromatic carbocycles. The van der Waals surface area contributed by atoms with Gasteiger partial charge in [-0.2, -0.15) is 0 Å². The minimum Gasteiger partial charge on any atom is -0.371 e. The summed E-state index contributed by atoms with van der Waals surface area (Å²) in [6, 6.07) is 6.96. The fraction of sp³-hybridized carbons (Fsp3) is 0.625. The smallest absolute Gasteiger partial charge is 0.0399 e. The Morgan fingerprint density at radius 2 is 2.28 bits per heavy atom. The molecule has 0 saturated carbocycles. The summed E-state index contributed by atoms with van der Waals surface area (Å²) < 4.78 is 0. The molecule has 1 fully saturated rings. The molecule has 2 aliphatic rings. The van der Waals surface area contributed by atoms with Gasteiger partial charge in [-0.3, -0.25) is 0 Å². The first-order valence-electron chi connectivity index (χ1n) is 7.22. The number of aryl methyl sites for hydroxylation is 2. The summed E-state index contributed by atoms with van der Waals surface area (Å²) in [6.45, 7) is 9.41. The second kappa shape index (κ2) is 4.58. The third-order valence-corrected chi connectivity index (χ3v) is 4.48. The van der Waals surface area contributed by atoms with E-state index in [1.807, 2.05) is 0 Å². The number of fused-ring (bicyclic) bond motifs is 1. The Bertz CT molecular complexity index is 433. The minimum absolute atomic E-state index is 0.458. The lowest BCUT2D eigenvalue weighted by molar-refractivity contribution is 0.361. The van der Waals surface area contributed by atoms with E-state index in [9.17, 15) is 0 Å². The van der Waals surface area contributed by atoms with Crippen LogP contribution in [0, 0.1) is 12.3 Å². The molecule has 2 heteroatoms. The first-order valence-corrected chi connectivity index (χ1v) is 7.22. The highest BCUT2D eigenvalue weighted by Crippen LogP contribution is 2.33. The van der Waals surface area contributed by atoms with E-state index in [4.69, 9.17) is 0 Å². The molecule has 1 atom stereocenters. The van der Waals surface area contributed by atoms with E-state index in [0.29, 0.717) is 5.41 Å². The Hall–Kier alpha value is -1.02. The van der Waals surface area contributed by atoms with Crippen LogP contribution in [0.1, 0.15) is 30.9 Å². The SMILES string of the molecule is Cc1ccc2c(c1)CCCN2CC1(C)CCNC1. The van der Waals surface area contributed by atoms with Gasteiger partial charge in [0.05, 0.1) is 0 Å². The molecular formula is C16H24N2. The van der Waals surface area contributed by atoms with E-state index >= 15 is 0 Å². The van der Waals surface area contributed by atoms with Crippen molar-refractivity contribution in [1.29, 1.82) is 0 Å². The molecule has 18 heavy (non-hydrogen) atoms. The van der Waals surface area contributed by atoms with Crippen molar-refractivity contribution in [3.05, 3.63) is 29.3 Å². The topological polar surface area (TPSA) is 15.3 Å². The van der Waals surface area contributed by atoms with Gasteiger partial charge in [-0.25, -0.2) is 0 Å². The van der Waals surface area contributed by atoms with Crippen molar-refractivity contribution in [2.75, 3.05) is 31.1 Å². The number of anilines is 1. The number of hydrogen-bond donors (Lipinski definition) is 1. The van der Waals surface area contributed by atoms with Crippen molar-refractivity contribution in [1.82, 2.24) is 5.32 Å². The zero-order valence-corrected chi connectivity index (χ0v) is 11.6. The molecule has 0 bridgehead atoms. The molecule has 0 spiro atoms. The maximum absolute atomic E-state index is 3.51. The van der Waals surface area contributed by atoms with E-state index in [2.05, 4.69) is 42.3 Å². The van der Waals surface area contributed by atoms with Crippen molar-refractivity contribution >= 4 is 5.69 Å². The molecule has 3 rings (SSSR count). The van der Waals surface area contributed by atoms with Crippen LogP contribution in [0.25, 0.3) is 0 Å². The third kappa shape index (κ3) is 2.26. The minimum atomic E-state index is 0.458. The molecule has 98 valence electrons. The lowest BCUT2D eigenvalue weighted by atomic mass is 9.87. The molecule has 1 N–H and O–H groups in total. The van der Waals surface area contributed by atoms with Gasteiger partial charge < -0.3 is 10.2 Å². The fourth-order valence-corrected chi connectivity index (χ4v) is 3.43. The molecule has 2 nitrogen and oxygen atoms in total. The number of rotatable bonds is 2. The van der Waals surface area contributed by atoms with Crippen LogP contribution in [0.2, 0.25) is 0 Å². The normalized spacial score (nSPS) is 27.3. The van der Waals surface area contributed by atoms with Gasteiger partial charge in [0.1, 0.15) is 0 Å². The van der Waals surface area contributed by atoms with Crippen molar-refractivity contribution in [2.45, 2.75) is 33.1 Å². The second-order valence-corrected chi connectivity index (χ2v) is 6.39. The lowest BCUT2D eigenvalue weighted by Gasteiger charge is -2.37. The average Bonchev–Trinajstić information content (AvgIpc) is 2.76. The zero-order chi connectivity index (χ0) is 12.6. The summed E-state index contributed by atoms with van der Waals surface area (Å²) in [6.07, 6.45) is 3.87. The van der Waals surface area contributed by atoms with Gasteiger partial charge in [-0.1, -0.05) is 24.6 Å². The highest BCUT2D eigenvalue weighted by Gasteiger charge is 2.32. The molecule has 0 radical (unpaired) electrons. The molecular weight excluding hydrogens is 220 g/mol. The van der Waals surface area contributed by atoms with Gasteiger partial charge >= 0.3 is 0 Å². The predicted molar refractivity (Wildman–Crippen MR) is 77.3 cm³/mol. The van der Waals surface area contributed by atoms with Crippen LogP contribution in [0.3, 0.4) is 0 Å². The molecule has 0 amide bonds. The van der Waals surface area contributed by atoms with Crippen molar-refractivity contribution in [3.8, 4) is 0 Å². The maximum Gasteiger partial charge on any atom is 0.0399 e. The second-order valence-electron chi connectivity index (χ2n) is 6.39. The van der Waals surface area contributed by atoms with Crippen LogP contribution < -0.4 is 10.2 Å². The number of nitrogens with zero attached hydrogens (tertiary/aromatic N) is 1. The van der Waals surface area contributed by atoms with Gasteiger partial charge in [0, 0.05) is 25.3 Å². The number of hydrogen-bond acceptors (Lipinski definition) is 2. The van der Waals surface area contributed by atoms with Crippen molar-refractivity contribution in [3.63, 3.8) is 0 Å². The number of nitrogens with one attached hydrogen (secondary N) is 1. The zero-order valence-electron chi connectivity index (χ0n) is 11.6. The third-order valence-electron chi connectivity index (χ3n) is 4.48. The first-order chi connectivity index (χ1) is 8.66. The van der Waals surface area contributed by atoms with Crippen LogP contribution in [-0.2, 0) is 6.42 Å². The fourth-order valence-electron chi connectivity index (χ4n) is 3.43. The Morgan fingerprint density at radius 1 is 1.39 bits per heavy atom. The molecule has 0 aliphatic carbocycles. The molecule has 0 aromatic heterocycles. The van der Waals surface area contributed by atoms with Crippen molar-refractivity contribution in [2.24, 2.45) is 5.41 Å². The van der Waals surface area contributed by atoms with E-state index in [-0.39, 0.29) is 0 Å². The predicted octanol–water partition coefficient (Wildman–Crippen LogP) is 2.75. The summed E-state index contributed by atoms with van der Waals surface area (Å²) in [4.78, 5) is 2.62. The first kappa shape index (κ1) is 12.0. The molecule has 2 heterocycles. The quantitative estimate of drug-likeness (QED) is 0.860. The Balaban J connectivity index is 1.83. The van der Waals surface area contributed by atoms with Gasteiger partial charge in [0.15, 0.2) is 0 Å². The highest BCUT2D eigenvalue weighted by molar-refractivity contribution is 5.56. The molecule has 1 aromatic rings. The van der Waals surface area contributed by atoms with Gasteiger partial charge in [-0.15, -0.1) is 0 Å². The Kier molecular flexibility index (Phi) is 3.06. The number of benzene rings is 1. The van der Waals surface area contributed by atoms with E-state index in [1.54, 1.807) is 5.56 Å². The largest absolute Gasteiger partial charge is 0.371 e. The average molecular weight is 244 g/mol. The molecule has 2 aliphatic heterocycles. The van der Waals surface area contributed by atoms with Crippen LogP contribution >= 0.6 is 0 Å². The summed E-state index contributed by atoms with van der Waals surface area (Å²) in [5.41, 5.74) is 4.89. The molecule has 1 unspecified atom stereocenters. The van der Waals surface area contributed by atoms with E-state index in [0.717, 1.165) is 0 Å². The standard InChI is InChI=1S/C16H24N2/c1-13-5-6-15-14(10-13)4-3-9-18(15)12-16(2)7-8-17-11-16/h5-6,10,17H,3-4,7-9,11-12H2,1-2H3. The van der Waals surface area contributed by atoms with Gasteiger partial charge in [0.2, 0.25) is 0 Å². The summed E-state index contributed by atoms with van der Waals surface area (Å²) in [5.74, 6) is 0. The van der Waals surface area contributed by atoms with Crippen molar-refractivity contribution < 1.29 is 0 Å². The summed E-state index contributed by atoms with van der Waals surface area (Å²) in [7, 11) is 0. The highest BCUT2D eigenvalue weighted by atomic mass is 15.2. The summed E-state index contributed by atoms with van der Waals surface area (Å²) in [5, 5.41) is 3.51. The Labute approximate surface area is 110 Å². The maximum atomic E-state index is 3.51.